The van der Waals surface area contributed by atoms with E-state index < -0.39 is 40.2 Å². The molecule has 0 aromatic carbocycles. The van der Waals surface area contributed by atoms with Gasteiger partial charge in [0, 0.05) is 35.2 Å². The first-order valence-corrected chi connectivity index (χ1v) is 12.9. The van der Waals surface area contributed by atoms with Crippen molar-refractivity contribution < 1.29 is 33.0 Å². The van der Waals surface area contributed by atoms with Gasteiger partial charge >= 0.3 is 11.9 Å². The van der Waals surface area contributed by atoms with Crippen molar-refractivity contribution >= 4 is 17.7 Å². The van der Waals surface area contributed by atoms with Crippen LogP contribution in [0.4, 0.5) is 0 Å². The van der Waals surface area contributed by atoms with Crippen molar-refractivity contribution in [3.63, 3.8) is 0 Å². The molecule has 2 saturated heterocycles. The van der Waals surface area contributed by atoms with E-state index in [9.17, 15) is 14.4 Å². The van der Waals surface area contributed by atoms with Gasteiger partial charge in [0.15, 0.2) is 6.10 Å². The van der Waals surface area contributed by atoms with E-state index in [0.29, 0.717) is 12.8 Å². The van der Waals surface area contributed by atoms with Crippen LogP contribution in [0.3, 0.4) is 0 Å². The number of hydrogen-bond donors (Lipinski definition) is 0. The molecule has 1 aromatic rings. The maximum Gasteiger partial charge on any atom is 0.339 e. The summed E-state index contributed by atoms with van der Waals surface area (Å²) in [5.74, 6) is -0.213. The molecule has 0 amide bonds. The summed E-state index contributed by atoms with van der Waals surface area (Å²) in [6, 6.07) is 1.85. The first-order valence-electron chi connectivity index (χ1n) is 12.9. The Morgan fingerprint density at radius 2 is 1.80 bits per heavy atom. The normalized spacial score (nSPS) is 49.6. The molecule has 0 bridgehead atoms. The van der Waals surface area contributed by atoms with Crippen LogP contribution in [0.25, 0.3) is 0 Å². The molecule has 9 atom stereocenters. The third-order valence-electron chi connectivity index (χ3n) is 11.3. The quantitative estimate of drug-likeness (QED) is 0.440. The van der Waals surface area contributed by atoms with E-state index in [2.05, 4.69) is 34.6 Å². The number of fused-ring (bicyclic) bond motifs is 3. The van der Waals surface area contributed by atoms with E-state index >= 15 is 0 Å². The maximum atomic E-state index is 13.3. The lowest BCUT2D eigenvalue weighted by molar-refractivity contribution is -0.263. The van der Waals surface area contributed by atoms with Crippen molar-refractivity contribution in [2.45, 2.75) is 97.6 Å². The molecule has 1 aromatic heterocycles. The van der Waals surface area contributed by atoms with E-state index in [1.165, 1.54) is 6.92 Å². The Kier molecular flexibility index (Phi) is 4.51. The molecule has 0 radical (unpaired) electrons. The molecule has 2 aliphatic heterocycles. The zero-order chi connectivity index (χ0) is 25.2. The number of rotatable bonds is 2. The summed E-state index contributed by atoms with van der Waals surface area (Å²) >= 11 is 0. The Morgan fingerprint density at radius 3 is 2.46 bits per heavy atom. The highest BCUT2D eigenvalue weighted by Crippen LogP contribution is 2.80. The molecule has 0 N–H and O–H groups in total. The van der Waals surface area contributed by atoms with Gasteiger partial charge < -0.3 is 18.6 Å². The lowest BCUT2D eigenvalue weighted by Gasteiger charge is -2.69. The number of esters is 2. The number of furan rings is 1. The second-order valence-corrected chi connectivity index (χ2v) is 12.9. The van der Waals surface area contributed by atoms with Crippen molar-refractivity contribution in [2.75, 3.05) is 0 Å². The smallest absolute Gasteiger partial charge is 0.339 e. The number of cyclic esters (lactones) is 1. The monoisotopic (exact) mass is 484 g/mol. The zero-order valence-electron chi connectivity index (χ0n) is 21.5. The van der Waals surface area contributed by atoms with Crippen LogP contribution in [0, 0.1) is 33.5 Å². The highest BCUT2D eigenvalue weighted by molar-refractivity contribution is 5.86. The van der Waals surface area contributed by atoms with E-state index in [4.69, 9.17) is 18.6 Å². The van der Waals surface area contributed by atoms with Crippen LogP contribution in [0.15, 0.2) is 23.0 Å². The molecule has 7 nitrogen and oxygen atoms in total. The summed E-state index contributed by atoms with van der Waals surface area (Å²) in [5.41, 5.74) is -1.76. The maximum absolute atomic E-state index is 13.3. The molecule has 6 rings (SSSR count). The fourth-order valence-corrected chi connectivity index (χ4v) is 9.69. The Hall–Kier alpha value is -2.15. The van der Waals surface area contributed by atoms with E-state index in [-0.39, 0.29) is 35.0 Å². The van der Waals surface area contributed by atoms with Gasteiger partial charge in [0.05, 0.1) is 12.5 Å². The van der Waals surface area contributed by atoms with E-state index in [1.807, 2.05) is 6.07 Å². The Bertz CT molecular complexity index is 1110. The fraction of sp³-hybridized carbons (Fsp3) is 0.750. The minimum atomic E-state index is -0.820. The summed E-state index contributed by atoms with van der Waals surface area (Å²) in [4.78, 5) is 38.7. The minimum absolute atomic E-state index is 0.0804. The predicted octanol–water partition coefficient (Wildman–Crippen LogP) is 4.78. The van der Waals surface area contributed by atoms with Crippen molar-refractivity contribution in [1.82, 2.24) is 0 Å². The topological polar surface area (TPSA) is 95.3 Å². The third kappa shape index (κ3) is 2.53. The summed E-state index contributed by atoms with van der Waals surface area (Å²) in [7, 11) is 0. The number of carbonyl (C=O) groups is 3. The van der Waals surface area contributed by atoms with Gasteiger partial charge in [-0.05, 0) is 49.0 Å². The molecule has 5 fully saturated rings. The molecule has 3 saturated carbocycles. The SMILES string of the molecule is CC(=O)O[C@@H]1CC2C(C)(C)C(=O)CC[C@]2(C)C2CC[C@@]3(C)[C@H](c4ccoc4)OC(=O)C4OC43[C@@]21C. The van der Waals surface area contributed by atoms with Crippen LogP contribution in [-0.4, -0.2) is 35.5 Å². The summed E-state index contributed by atoms with van der Waals surface area (Å²) < 4.78 is 24.0. The van der Waals surface area contributed by atoms with Gasteiger partial charge in [0.1, 0.15) is 23.6 Å². The Balaban J connectivity index is 1.53. The van der Waals surface area contributed by atoms with Gasteiger partial charge in [0.2, 0.25) is 0 Å². The fourth-order valence-electron chi connectivity index (χ4n) is 9.69. The first kappa shape index (κ1) is 23.3. The molecule has 1 spiro atoms. The second-order valence-electron chi connectivity index (χ2n) is 12.9. The predicted molar refractivity (Wildman–Crippen MR) is 124 cm³/mol. The molecule has 35 heavy (non-hydrogen) atoms. The number of Topliss-reactive ketones (excluding diaryl/α,β-unsaturated/α-hetero) is 1. The number of hydrogen-bond acceptors (Lipinski definition) is 7. The van der Waals surface area contributed by atoms with Crippen molar-refractivity contribution in [2.24, 2.45) is 33.5 Å². The average molecular weight is 485 g/mol. The number of carbonyl (C=O) groups excluding carboxylic acids is 3. The van der Waals surface area contributed by atoms with Crippen LogP contribution < -0.4 is 0 Å². The zero-order valence-corrected chi connectivity index (χ0v) is 21.5. The van der Waals surface area contributed by atoms with Gasteiger partial charge in [-0.2, -0.15) is 0 Å². The van der Waals surface area contributed by atoms with Crippen molar-refractivity contribution in [3.05, 3.63) is 24.2 Å². The van der Waals surface area contributed by atoms with Gasteiger partial charge in [-0.25, -0.2) is 4.79 Å². The number of ketones is 1. The lowest BCUT2D eigenvalue weighted by atomic mass is 9.35. The van der Waals surface area contributed by atoms with Gasteiger partial charge in [-0.15, -0.1) is 0 Å². The van der Waals surface area contributed by atoms with Crippen molar-refractivity contribution in [3.8, 4) is 0 Å². The molecule has 7 heteroatoms. The van der Waals surface area contributed by atoms with Crippen LogP contribution in [0.2, 0.25) is 0 Å². The van der Waals surface area contributed by atoms with E-state index in [0.717, 1.165) is 24.8 Å². The Labute approximate surface area is 206 Å². The summed E-state index contributed by atoms with van der Waals surface area (Å²) in [6.07, 6.45) is 5.22. The number of ether oxygens (including phenoxy) is 3. The van der Waals surface area contributed by atoms with Crippen molar-refractivity contribution in [1.29, 1.82) is 0 Å². The molecular weight excluding hydrogens is 448 g/mol. The number of epoxide rings is 1. The van der Waals surface area contributed by atoms with Crippen LogP contribution >= 0.6 is 0 Å². The van der Waals surface area contributed by atoms with Gasteiger partial charge in [0.25, 0.3) is 0 Å². The van der Waals surface area contributed by atoms with Gasteiger partial charge in [-0.3, -0.25) is 9.59 Å². The van der Waals surface area contributed by atoms with Gasteiger partial charge in [-0.1, -0.05) is 34.6 Å². The van der Waals surface area contributed by atoms with Crippen LogP contribution in [0.1, 0.15) is 85.3 Å². The summed E-state index contributed by atoms with van der Waals surface area (Å²) in [5, 5.41) is 0. The molecule has 190 valence electrons. The average Bonchev–Trinajstić information content (AvgIpc) is 3.35. The highest BCUT2D eigenvalue weighted by atomic mass is 16.7. The third-order valence-corrected chi connectivity index (χ3v) is 11.3. The highest BCUT2D eigenvalue weighted by Gasteiger charge is 2.88. The molecule has 4 unspecified atom stereocenters. The molecule has 3 aliphatic carbocycles. The second kappa shape index (κ2) is 6.78. The van der Waals surface area contributed by atoms with Crippen LogP contribution in [-0.2, 0) is 28.6 Å². The minimum Gasteiger partial charge on any atom is -0.472 e. The molecule has 5 aliphatic rings. The lowest BCUT2D eigenvalue weighted by Crippen LogP contribution is -2.73. The molecular formula is C28H36O7. The van der Waals surface area contributed by atoms with Crippen LogP contribution in [0.5, 0.6) is 0 Å². The largest absolute Gasteiger partial charge is 0.472 e. The standard InChI is InChI=1S/C28H36O7/c1-15(29)33-20-13-18-24(2,3)19(30)8-10-25(18,4)17-7-11-26(5)21(16-9-12-32-14-16)34-23(31)22-28(26,35-22)27(17,20)6/h9,12,14,17-18,20-22H,7-8,10-11,13H2,1-6H3/t17?,18?,20-,21+,22?,25-,26+,27+,28?/m1/s1. The van der Waals surface area contributed by atoms with E-state index in [1.54, 1.807) is 12.5 Å². The Morgan fingerprint density at radius 1 is 1.06 bits per heavy atom. The molecule has 3 heterocycles. The summed E-state index contributed by atoms with van der Waals surface area (Å²) in [6.45, 7) is 12.2. The first-order chi connectivity index (χ1) is 16.3.